The number of esters is 1. The fourth-order valence-corrected chi connectivity index (χ4v) is 2.34. The summed E-state index contributed by atoms with van der Waals surface area (Å²) in [5.74, 6) is -0.578. The van der Waals surface area contributed by atoms with Gasteiger partial charge in [0.2, 0.25) is 5.89 Å². The lowest BCUT2D eigenvalue weighted by Crippen LogP contribution is -2.35. The van der Waals surface area contributed by atoms with E-state index in [0.29, 0.717) is 13.0 Å². The molecule has 0 spiro atoms. The lowest BCUT2D eigenvalue weighted by molar-refractivity contribution is -0.137. The highest BCUT2D eigenvalue weighted by Gasteiger charge is 2.30. The lowest BCUT2D eigenvalue weighted by atomic mass is 10.2. The molecule has 8 nitrogen and oxygen atoms in total. The number of nitrogens with one attached hydrogen (secondary N) is 1. The van der Waals surface area contributed by atoms with E-state index in [9.17, 15) is 22.8 Å². The Bertz CT molecular complexity index is 821. The molecule has 2 amide bonds. The Kier molecular flexibility index (Phi) is 7.59. The fraction of sp³-hybridized carbons (Fsp3) is 0.389. The molecule has 0 aliphatic rings. The van der Waals surface area contributed by atoms with E-state index >= 15 is 0 Å². The minimum Gasteiger partial charge on any atom is -0.464 e. The summed E-state index contributed by atoms with van der Waals surface area (Å²) in [6.07, 6.45) is -2.85. The molecule has 0 bridgehead atoms. The SMILES string of the molecule is COCCCN(Cc1nc(C(=O)OC)co1)C(=O)Nc1ccc(C(F)(F)F)cc1. The van der Waals surface area contributed by atoms with E-state index in [-0.39, 0.29) is 30.4 Å². The van der Waals surface area contributed by atoms with Crippen molar-refractivity contribution in [3.05, 3.63) is 47.7 Å². The number of oxazole rings is 1. The van der Waals surface area contributed by atoms with Gasteiger partial charge in [0.25, 0.3) is 0 Å². The number of anilines is 1. The van der Waals surface area contributed by atoms with Crippen LogP contribution in [0.25, 0.3) is 0 Å². The second kappa shape index (κ2) is 9.92. The van der Waals surface area contributed by atoms with Gasteiger partial charge in [-0.1, -0.05) is 0 Å². The predicted octanol–water partition coefficient (Wildman–Crippen LogP) is 3.55. The minimum atomic E-state index is -4.46. The zero-order valence-corrected chi connectivity index (χ0v) is 15.8. The van der Waals surface area contributed by atoms with Crippen LogP contribution in [-0.4, -0.2) is 49.3 Å². The summed E-state index contributed by atoms with van der Waals surface area (Å²) < 4.78 is 52.7. The normalized spacial score (nSPS) is 11.2. The van der Waals surface area contributed by atoms with Crippen molar-refractivity contribution in [2.24, 2.45) is 0 Å². The van der Waals surface area contributed by atoms with Crippen molar-refractivity contribution in [1.82, 2.24) is 9.88 Å². The van der Waals surface area contributed by atoms with E-state index in [2.05, 4.69) is 15.0 Å². The maximum atomic E-state index is 12.7. The molecule has 158 valence electrons. The Morgan fingerprint density at radius 3 is 2.48 bits per heavy atom. The summed E-state index contributed by atoms with van der Waals surface area (Å²) in [4.78, 5) is 29.3. The smallest absolute Gasteiger partial charge is 0.416 e. The first-order chi connectivity index (χ1) is 13.7. The van der Waals surface area contributed by atoms with Gasteiger partial charge in [0.1, 0.15) is 6.26 Å². The maximum absolute atomic E-state index is 12.7. The van der Waals surface area contributed by atoms with Crippen LogP contribution in [0, 0.1) is 0 Å². The number of nitrogens with zero attached hydrogens (tertiary/aromatic N) is 2. The largest absolute Gasteiger partial charge is 0.464 e. The summed E-state index contributed by atoms with van der Waals surface area (Å²) in [5, 5.41) is 2.53. The quantitative estimate of drug-likeness (QED) is 0.524. The summed E-state index contributed by atoms with van der Waals surface area (Å²) in [6.45, 7) is 0.590. The van der Waals surface area contributed by atoms with Crippen molar-refractivity contribution in [1.29, 1.82) is 0 Å². The van der Waals surface area contributed by atoms with Gasteiger partial charge < -0.3 is 24.1 Å². The number of benzene rings is 1. The first-order valence-electron chi connectivity index (χ1n) is 8.49. The molecule has 1 aromatic heterocycles. The van der Waals surface area contributed by atoms with E-state index in [1.54, 1.807) is 0 Å². The number of halogens is 3. The molecule has 0 aliphatic carbocycles. The Morgan fingerprint density at radius 1 is 1.21 bits per heavy atom. The first kappa shape index (κ1) is 22.2. The van der Waals surface area contributed by atoms with Gasteiger partial charge in [-0.05, 0) is 30.7 Å². The van der Waals surface area contributed by atoms with Crippen LogP contribution in [0.2, 0.25) is 0 Å². The van der Waals surface area contributed by atoms with Gasteiger partial charge in [0, 0.05) is 25.9 Å². The maximum Gasteiger partial charge on any atom is 0.416 e. The molecule has 1 aromatic carbocycles. The van der Waals surface area contributed by atoms with Gasteiger partial charge in [-0.25, -0.2) is 14.6 Å². The molecule has 11 heteroatoms. The number of rotatable bonds is 8. The number of hydrogen-bond donors (Lipinski definition) is 1. The zero-order chi connectivity index (χ0) is 21.4. The monoisotopic (exact) mass is 415 g/mol. The van der Waals surface area contributed by atoms with Crippen LogP contribution in [-0.2, 0) is 22.2 Å². The van der Waals surface area contributed by atoms with E-state index in [0.717, 1.165) is 30.5 Å². The van der Waals surface area contributed by atoms with Crippen molar-refractivity contribution < 1.29 is 36.7 Å². The number of ether oxygens (including phenoxy) is 2. The Hall–Kier alpha value is -3.08. The Balaban J connectivity index is 2.08. The third-order valence-electron chi connectivity index (χ3n) is 3.80. The molecule has 0 radical (unpaired) electrons. The van der Waals surface area contributed by atoms with Gasteiger partial charge in [-0.2, -0.15) is 13.2 Å². The third-order valence-corrected chi connectivity index (χ3v) is 3.80. The molecule has 1 heterocycles. The highest BCUT2D eigenvalue weighted by molar-refractivity contribution is 5.89. The average molecular weight is 415 g/mol. The fourth-order valence-electron chi connectivity index (χ4n) is 2.34. The third kappa shape index (κ3) is 6.49. The standard InChI is InChI=1S/C18H20F3N3O5/c1-27-9-3-8-24(10-15-23-14(11-29-15)16(25)28-2)17(26)22-13-6-4-12(5-7-13)18(19,20)21/h4-7,11H,3,8-10H2,1-2H3,(H,22,26). The van der Waals surface area contributed by atoms with Crippen LogP contribution in [0.15, 0.2) is 34.9 Å². The second-order valence-electron chi connectivity index (χ2n) is 5.89. The van der Waals surface area contributed by atoms with Crippen LogP contribution in [0.5, 0.6) is 0 Å². The molecule has 0 fully saturated rings. The van der Waals surface area contributed by atoms with Crippen LogP contribution >= 0.6 is 0 Å². The summed E-state index contributed by atoms with van der Waals surface area (Å²) in [6, 6.07) is 3.51. The summed E-state index contributed by atoms with van der Waals surface area (Å²) in [5.41, 5.74) is -0.660. The second-order valence-corrected chi connectivity index (χ2v) is 5.89. The number of carbonyl (C=O) groups excluding carboxylic acids is 2. The number of carbonyl (C=O) groups is 2. The molecular weight excluding hydrogens is 395 g/mol. The lowest BCUT2D eigenvalue weighted by Gasteiger charge is -2.21. The average Bonchev–Trinajstić information content (AvgIpc) is 3.15. The molecule has 0 unspecified atom stereocenters. The number of alkyl halides is 3. The molecule has 0 saturated heterocycles. The van der Waals surface area contributed by atoms with E-state index in [4.69, 9.17) is 9.15 Å². The van der Waals surface area contributed by atoms with Crippen LogP contribution < -0.4 is 5.32 Å². The Labute approximate surface area is 164 Å². The van der Waals surface area contributed by atoms with E-state index < -0.39 is 23.7 Å². The molecule has 0 aliphatic heterocycles. The van der Waals surface area contributed by atoms with Crippen molar-refractivity contribution in [3.8, 4) is 0 Å². The van der Waals surface area contributed by atoms with Gasteiger partial charge in [-0.15, -0.1) is 0 Å². The first-order valence-corrected chi connectivity index (χ1v) is 8.49. The number of urea groups is 1. The predicted molar refractivity (Wildman–Crippen MR) is 95.2 cm³/mol. The number of methoxy groups -OCH3 is 2. The van der Waals surface area contributed by atoms with Gasteiger partial charge in [-0.3, -0.25) is 0 Å². The molecule has 2 aromatic rings. The molecule has 0 atom stereocenters. The highest BCUT2D eigenvalue weighted by atomic mass is 19.4. The van der Waals surface area contributed by atoms with Gasteiger partial charge >= 0.3 is 18.2 Å². The zero-order valence-electron chi connectivity index (χ0n) is 15.8. The van der Waals surface area contributed by atoms with Crippen LogP contribution in [0.4, 0.5) is 23.7 Å². The van der Waals surface area contributed by atoms with Crippen LogP contribution in [0.3, 0.4) is 0 Å². The van der Waals surface area contributed by atoms with Crippen molar-refractivity contribution >= 4 is 17.7 Å². The van der Waals surface area contributed by atoms with E-state index in [1.165, 1.54) is 19.1 Å². The van der Waals surface area contributed by atoms with Gasteiger partial charge in [0.15, 0.2) is 5.69 Å². The number of amides is 2. The minimum absolute atomic E-state index is 0.0394. The van der Waals surface area contributed by atoms with Crippen molar-refractivity contribution in [3.63, 3.8) is 0 Å². The Morgan fingerprint density at radius 2 is 1.90 bits per heavy atom. The van der Waals surface area contributed by atoms with E-state index in [1.807, 2.05) is 0 Å². The summed E-state index contributed by atoms with van der Waals surface area (Å²) in [7, 11) is 2.72. The van der Waals surface area contributed by atoms with Crippen molar-refractivity contribution in [2.45, 2.75) is 19.1 Å². The van der Waals surface area contributed by atoms with Crippen LogP contribution in [0.1, 0.15) is 28.4 Å². The molecule has 1 N–H and O–H groups in total. The highest BCUT2D eigenvalue weighted by Crippen LogP contribution is 2.29. The number of hydrogen-bond acceptors (Lipinski definition) is 6. The van der Waals surface area contributed by atoms with Crippen molar-refractivity contribution in [2.75, 3.05) is 32.7 Å². The molecular formula is C18H20F3N3O5. The van der Waals surface area contributed by atoms with Gasteiger partial charge in [0.05, 0.1) is 19.2 Å². The molecule has 2 rings (SSSR count). The molecule has 29 heavy (non-hydrogen) atoms. The molecule has 0 saturated carbocycles. The number of aromatic nitrogens is 1. The summed E-state index contributed by atoms with van der Waals surface area (Å²) >= 11 is 0. The topological polar surface area (TPSA) is 93.9 Å².